The van der Waals surface area contributed by atoms with Gasteiger partial charge in [-0.25, -0.2) is 0 Å². The first-order valence-corrected chi connectivity index (χ1v) is 12.8. The van der Waals surface area contributed by atoms with Crippen LogP contribution in [0.15, 0.2) is 72.3 Å². The van der Waals surface area contributed by atoms with Crippen LogP contribution in [-0.4, -0.2) is 35.1 Å². The average Bonchev–Trinajstić information content (AvgIpc) is 3.16. The first-order chi connectivity index (χ1) is 18.2. The van der Waals surface area contributed by atoms with Crippen molar-refractivity contribution in [1.82, 2.24) is 0 Å². The van der Waals surface area contributed by atoms with E-state index in [0.29, 0.717) is 47.4 Å². The van der Waals surface area contributed by atoms with Crippen LogP contribution < -0.4 is 14.4 Å². The normalized spacial score (nSPS) is 16.8. The van der Waals surface area contributed by atoms with Gasteiger partial charge in [-0.05, 0) is 85.0 Å². The summed E-state index contributed by atoms with van der Waals surface area (Å²) in [5.41, 5.74) is 2.10. The number of aliphatic hydroxyl groups excluding tert-OH is 1. The minimum Gasteiger partial charge on any atom is -0.508 e. The number of phenols is 1. The molecule has 3 aromatic carbocycles. The van der Waals surface area contributed by atoms with Crippen LogP contribution in [0.5, 0.6) is 17.2 Å². The third-order valence-electron chi connectivity index (χ3n) is 6.24. The van der Waals surface area contributed by atoms with Gasteiger partial charge in [-0.3, -0.25) is 14.5 Å². The van der Waals surface area contributed by atoms with Gasteiger partial charge in [0.2, 0.25) is 0 Å². The second-order valence-corrected chi connectivity index (χ2v) is 9.79. The molecule has 0 bridgehead atoms. The number of ether oxygens (including phenoxy) is 2. The number of rotatable bonds is 9. The lowest BCUT2D eigenvalue weighted by atomic mass is 9.94. The predicted octanol–water partition coefficient (Wildman–Crippen LogP) is 6.15. The molecule has 1 saturated heterocycles. The predicted molar refractivity (Wildman–Crippen MR) is 147 cm³/mol. The van der Waals surface area contributed by atoms with Crippen molar-refractivity contribution in [1.29, 1.82) is 0 Å². The van der Waals surface area contributed by atoms with Crippen molar-refractivity contribution in [3.05, 3.63) is 89.0 Å². The summed E-state index contributed by atoms with van der Waals surface area (Å²) in [7, 11) is 0. The topological polar surface area (TPSA) is 96.3 Å². The maximum absolute atomic E-state index is 13.4. The van der Waals surface area contributed by atoms with Crippen molar-refractivity contribution in [2.24, 2.45) is 5.92 Å². The van der Waals surface area contributed by atoms with Crippen LogP contribution in [0.4, 0.5) is 5.69 Å². The molecule has 38 heavy (non-hydrogen) atoms. The summed E-state index contributed by atoms with van der Waals surface area (Å²) in [6.45, 7) is 9.09. The highest BCUT2D eigenvalue weighted by Gasteiger charge is 2.47. The molecule has 1 atom stereocenters. The summed E-state index contributed by atoms with van der Waals surface area (Å²) in [6, 6.07) is 17.5. The van der Waals surface area contributed by atoms with Gasteiger partial charge in [0.1, 0.15) is 23.0 Å². The van der Waals surface area contributed by atoms with E-state index in [0.717, 1.165) is 12.0 Å². The molecule has 0 saturated carbocycles. The molecule has 3 aromatic rings. The van der Waals surface area contributed by atoms with Gasteiger partial charge < -0.3 is 19.7 Å². The number of aryl methyl sites for hydroxylation is 1. The van der Waals surface area contributed by atoms with Crippen molar-refractivity contribution < 1.29 is 29.3 Å². The van der Waals surface area contributed by atoms with E-state index in [1.807, 2.05) is 13.8 Å². The summed E-state index contributed by atoms with van der Waals surface area (Å²) in [5, 5.41) is 21.6. The molecule has 7 heteroatoms. The monoisotopic (exact) mass is 515 g/mol. The Bertz CT molecular complexity index is 1360. The highest BCUT2D eigenvalue weighted by molar-refractivity contribution is 6.51. The number of carbonyl (C=O) groups excluding carboxylic acids is 2. The second kappa shape index (κ2) is 11.4. The first kappa shape index (κ1) is 26.8. The van der Waals surface area contributed by atoms with Crippen molar-refractivity contribution in [3.8, 4) is 17.2 Å². The highest BCUT2D eigenvalue weighted by atomic mass is 16.5. The van der Waals surface area contributed by atoms with Crippen LogP contribution >= 0.6 is 0 Å². The Labute approximate surface area is 222 Å². The van der Waals surface area contributed by atoms with Crippen LogP contribution in [0.1, 0.15) is 49.9 Å². The van der Waals surface area contributed by atoms with E-state index in [4.69, 9.17) is 9.47 Å². The summed E-state index contributed by atoms with van der Waals surface area (Å²) in [6.07, 6.45) is 0.860. The van der Waals surface area contributed by atoms with E-state index in [9.17, 15) is 19.8 Å². The van der Waals surface area contributed by atoms with E-state index in [1.165, 1.54) is 17.0 Å². The molecule has 0 aliphatic carbocycles. The van der Waals surface area contributed by atoms with Crippen molar-refractivity contribution in [2.75, 3.05) is 18.1 Å². The Morgan fingerprint density at radius 3 is 2.37 bits per heavy atom. The summed E-state index contributed by atoms with van der Waals surface area (Å²) in [5.74, 6) is -0.188. The SMILES string of the molecule is CCCOc1ccc(/C(O)=C2/C(=O)C(=O)N(c3ccc(OCC(C)C)cc3)C2c2cccc(O)c2)cc1C. The smallest absolute Gasteiger partial charge is 0.300 e. The molecular weight excluding hydrogens is 482 g/mol. The van der Waals surface area contributed by atoms with Crippen LogP contribution in [0.3, 0.4) is 0 Å². The van der Waals surface area contributed by atoms with Crippen LogP contribution in [0, 0.1) is 12.8 Å². The van der Waals surface area contributed by atoms with Gasteiger partial charge in [0, 0.05) is 11.3 Å². The van der Waals surface area contributed by atoms with E-state index >= 15 is 0 Å². The molecule has 1 aliphatic rings. The molecule has 7 nitrogen and oxygen atoms in total. The molecule has 4 rings (SSSR count). The number of hydrogen-bond acceptors (Lipinski definition) is 6. The Hall–Kier alpha value is -4.26. The molecule has 1 amide bonds. The number of phenolic OH excluding ortho intramolecular Hbond substituents is 1. The lowest BCUT2D eigenvalue weighted by molar-refractivity contribution is -0.132. The Morgan fingerprint density at radius 2 is 1.74 bits per heavy atom. The van der Waals surface area contributed by atoms with E-state index in [2.05, 4.69) is 13.8 Å². The zero-order valence-corrected chi connectivity index (χ0v) is 22.1. The van der Waals surface area contributed by atoms with Crippen LogP contribution in [0.25, 0.3) is 5.76 Å². The van der Waals surface area contributed by atoms with Gasteiger partial charge in [-0.2, -0.15) is 0 Å². The zero-order valence-electron chi connectivity index (χ0n) is 22.1. The number of ketones is 1. The maximum Gasteiger partial charge on any atom is 0.300 e. The van der Waals surface area contributed by atoms with Crippen molar-refractivity contribution >= 4 is 23.1 Å². The quantitative estimate of drug-likeness (QED) is 0.202. The maximum atomic E-state index is 13.4. The molecule has 1 heterocycles. The minimum atomic E-state index is -0.944. The van der Waals surface area contributed by atoms with Gasteiger partial charge in [0.25, 0.3) is 11.7 Å². The van der Waals surface area contributed by atoms with E-state index < -0.39 is 17.7 Å². The highest BCUT2D eigenvalue weighted by Crippen LogP contribution is 2.43. The third-order valence-corrected chi connectivity index (χ3v) is 6.24. The number of Topliss-reactive ketones (excluding diaryl/α,β-unsaturated/α-hetero) is 1. The number of hydrogen-bond donors (Lipinski definition) is 2. The minimum absolute atomic E-state index is 0.0150. The molecule has 1 aliphatic heterocycles. The Balaban J connectivity index is 1.80. The largest absolute Gasteiger partial charge is 0.508 e. The first-order valence-electron chi connectivity index (χ1n) is 12.8. The van der Waals surface area contributed by atoms with Gasteiger partial charge in [-0.1, -0.05) is 32.9 Å². The van der Waals surface area contributed by atoms with Gasteiger partial charge in [0.15, 0.2) is 0 Å². The number of amides is 1. The van der Waals surface area contributed by atoms with Gasteiger partial charge in [-0.15, -0.1) is 0 Å². The number of benzene rings is 3. The van der Waals surface area contributed by atoms with Crippen molar-refractivity contribution in [2.45, 2.75) is 40.2 Å². The number of carbonyl (C=O) groups is 2. The molecule has 1 fully saturated rings. The van der Waals surface area contributed by atoms with Gasteiger partial charge >= 0.3 is 0 Å². The fourth-order valence-corrected chi connectivity index (χ4v) is 4.40. The molecule has 1 unspecified atom stereocenters. The number of aliphatic hydroxyl groups is 1. The fraction of sp³-hybridized carbons (Fsp3) is 0.290. The molecule has 0 spiro atoms. The molecular formula is C31H33NO6. The Kier molecular flexibility index (Phi) is 8.05. The number of nitrogens with zero attached hydrogens (tertiary/aromatic N) is 1. The summed E-state index contributed by atoms with van der Waals surface area (Å²) < 4.78 is 11.5. The van der Waals surface area contributed by atoms with Crippen molar-refractivity contribution in [3.63, 3.8) is 0 Å². The zero-order chi connectivity index (χ0) is 27.4. The lowest BCUT2D eigenvalue weighted by Crippen LogP contribution is -2.29. The Morgan fingerprint density at radius 1 is 1.00 bits per heavy atom. The standard InChI is InChI=1S/C31H33NO6/c1-5-15-37-26-14-9-22(16-20(26)4)29(34)27-28(21-7-6-8-24(33)17-21)32(31(36)30(27)35)23-10-12-25(13-11-23)38-18-19(2)3/h6-14,16-17,19,28,33-34H,5,15,18H2,1-4H3/b29-27-. The lowest BCUT2D eigenvalue weighted by Gasteiger charge is -2.26. The van der Waals surface area contributed by atoms with Gasteiger partial charge in [0.05, 0.1) is 24.8 Å². The molecule has 2 N–H and O–H groups in total. The second-order valence-electron chi connectivity index (χ2n) is 9.79. The van der Waals surface area contributed by atoms with E-state index in [-0.39, 0.29) is 17.1 Å². The van der Waals surface area contributed by atoms with E-state index in [1.54, 1.807) is 54.6 Å². The fourth-order valence-electron chi connectivity index (χ4n) is 4.40. The summed E-state index contributed by atoms with van der Waals surface area (Å²) in [4.78, 5) is 28.1. The third kappa shape index (κ3) is 5.52. The number of anilines is 1. The summed E-state index contributed by atoms with van der Waals surface area (Å²) >= 11 is 0. The average molecular weight is 516 g/mol. The molecule has 198 valence electrons. The van der Waals surface area contributed by atoms with Crippen LogP contribution in [-0.2, 0) is 9.59 Å². The number of aromatic hydroxyl groups is 1. The van der Waals surface area contributed by atoms with Crippen LogP contribution in [0.2, 0.25) is 0 Å². The molecule has 0 radical (unpaired) electrons. The molecule has 0 aromatic heterocycles.